The standard InChI is InChI=1S/C18H9ClF10N2O8S2/c19-10-3-1-8(41(37,38)18(27,28)29)5-11(10)30-14(32)7-39-13-4-2-9(6-12(13)31(33)34)40(35,36)17(25,26)15(20,21)16(22,23)24/h1-6H,7H2,(H,30,32). The Morgan fingerprint density at radius 2 is 1.39 bits per heavy atom. The van der Waals surface area contributed by atoms with E-state index in [0.29, 0.717) is 18.2 Å². The van der Waals surface area contributed by atoms with Crippen LogP contribution in [-0.2, 0) is 24.5 Å². The normalized spacial score (nSPS) is 13.5. The highest BCUT2D eigenvalue weighted by Gasteiger charge is 2.78. The lowest BCUT2D eigenvalue weighted by atomic mass is 10.3. The van der Waals surface area contributed by atoms with Gasteiger partial charge in [0.05, 0.1) is 25.4 Å². The minimum absolute atomic E-state index is 0.0712. The van der Waals surface area contributed by atoms with E-state index in [9.17, 15) is 75.6 Å². The van der Waals surface area contributed by atoms with Crippen molar-refractivity contribution in [3.8, 4) is 5.75 Å². The Balaban J connectivity index is 2.35. The van der Waals surface area contributed by atoms with Gasteiger partial charge in [0.1, 0.15) is 0 Å². The van der Waals surface area contributed by atoms with Crippen LogP contribution in [0.1, 0.15) is 0 Å². The molecular formula is C18H9ClF10N2O8S2. The number of alkyl halides is 10. The molecule has 0 aromatic heterocycles. The van der Waals surface area contributed by atoms with Crippen LogP contribution in [0.4, 0.5) is 55.3 Å². The Hall–Kier alpha value is -3.40. The molecule has 0 saturated carbocycles. The van der Waals surface area contributed by atoms with E-state index in [4.69, 9.17) is 16.3 Å². The number of amides is 1. The fourth-order valence-electron chi connectivity index (χ4n) is 2.64. The maximum Gasteiger partial charge on any atom is 0.501 e. The number of hydrogen-bond acceptors (Lipinski definition) is 8. The van der Waals surface area contributed by atoms with E-state index in [-0.39, 0.29) is 18.2 Å². The molecule has 23 heteroatoms. The second-order valence-corrected chi connectivity index (χ2v) is 11.7. The van der Waals surface area contributed by atoms with E-state index < -0.39 is 91.9 Å². The number of nitro groups is 1. The van der Waals surface area contributed by atoms with Gasteiger partial charge >= 0.3 is 28.5 Å². The van der Waals surface area contributed by atoms with Crippen molar-refractivity contribution in [2.75, 3.05) is 11.9 Å². The molecule has 2 rings (SSSR count). The Kier molecular flexibility index (Phi) is 8.89. The van der Waals surface area contributed by atoms with Crippen LogP contribution in [0.3, 0.4) is 0 Å². The molecule has 0 unspecified atom stereocenters. The third kappa shape index (κ3) is 6.27. The van der Waals surface area contributed by atoms with Crippen molar-refractivity contribution in [2.24, 2.45) is 0 Å². The maximum atomic E-state index is 13.8. The molecule has 228 valence electrons. The van der Waals surface area contributed by atoms with E-state index in [1.165, 1.54) is 0 Å². The van der Waals surface area contributed by atoms with Crippen LogP contribution in [-0.4, -0.2) is 57.1 Å². The predicted octanol–water partition coefficient (Wildman–Crippen LogP) is 5.12. The quantitative estimate of drug-likeness (QED) is 0.219. The maximum absolute atomic E-state index is 13.8. The van der Waals surface area contributed by atoms with Gasteiger partial charge in [-0.15, -0.1) is 0 Å². The number of nitro benzene ring substituents is 1. The average Bonchev–Trinajstić information content (AvgIpc) is 2.82. The average molecular weight is 671 g/mol. The first-order valence-electron chi connectivity index (χ1n) is 9.68. The second kappa shape index (κ2) is 10.8. The van der Waals surface area contributed by atoms with E-state index in [1.807, 2.05) is 0 Å². The van der Waals surface area contributed by atoms with Crippen molar-refractivity contribution in [2.45, 2.75) is 32.7 Å². The SMILES string of the molecule is O=C(COc1ccc(S(=O)(=O)C(F)(F)C(F)(F)C(F)(F)F)cc1[N+](=O)[O-])Nc1cc(S(=O)(=O)C(F)(F)F)ccc1Cl. The summed E-state index contributed by atoms with van der Waals surface area (Å²) in [4.78, 5) is 18.4. The van der Waals surface area contributed by atoms with Crippen LogP contribution in [0.5, 0.6) is 5.75 Å². The smallest absolute Gasteiger partial charge is 0.477 e. The Morgan fingerprint density at radius 1 is 0.878 bits per heavy atom. The summed E-state index contributed by atoms with van der Waals surface area (Å²) in [6.45, 7) is -1.33. The monoisotopic (exact) mass is 670 g/mol. The first kappa shape index (κ1) is 33.8. The number of nitrogens with zero attached hydrogens (tertiary/aromatic N) is 1. The van der Waals surface area contributed by atoms with Crippen LogP contribution < -0.4 is 10.1 Å². The minimum Gasteiger partial charge on any atom is -0.477 e. The van der Waals surface area contributed by atoms with Gasteiger partial charge in [0.25, 0.3) is 25.6 Å². The van der Waals surface area contributed by atoms with Crippen LogP contribution in [0, 0.1) is 10.1 Å². The van der Waals surface area contributed by atoms with Crippen LogP contribution in [0.25, 0.3) is 0 Å². The fraction of sp³-hybridized carbons (Fsp3) is 0.278. The number of carbonyl (C=O) groups excluding carboxylic acids is 1. The van der Waals surface area contributed by atoms with Gasteiger partial charge in [0.15, 0.2) is 12.4 Å². The molecular weight excluding hydrogens is 662 g/mol. The van der Waals surface area contributed by atoms with Crippen molar-refractivity contribution in [1.82, 2.24) is 0 Å². The molecule has 2 aromatic carbocycles. The summed E-state index contributed by atoms with van der Waals surface area (Å²) < 4.78 is 181. The highest BCUT2D eigenvalue weighted by Crippen LogP contribution is 2.51. The fourth-order valence-corrected chi connectivity index (χ4v) is 4.86. The third-order valence-electron chi connectivity index (χ3n) is 4.68. The molecule has 0 atom stereocenters. The number of ether oxygens (including phenoxy) is 1. The summed E-state index contributed by atoms with van der Waals surface area (Å²) >= 11 is 5.68. The van der Waals surface area contributed by atoms with Crippen LogP contribution >= 0.6 is 11.6 Å². The molecule has 0 saturated heterocycles. The zero-order chi connectivity index (χ0) is 32.0. The predicted molar refractivity (Wildman–Crippen MR) is 115 cm³/mol. The molecule has 1 N–H and O–H groups in total. The molecule has 0 aliphatic carbocycles. The number of benzene rings is 2. The lowest BCUT2D eigenvalue weighted by Gasteiger charge is -2.27. The van der Waals surface area contributed by atoms with Gasteiger partial charge in [-0.05, 0) is 30.3 Å². The number of nitrogens with one attached hydrogen (secondary N) is 1. The van der Waals surface area contributed by atoms with Gasteiger partial charge in [0, 0.05) is 6.07 Å². The molecule has 10 nitrogen and oxygen atoms in total. The number of rotatable bonds is 9. The highest BCUT2D eigenvalue weighted by molar-refractivity contribution is 7.92. The van der Waals surface area contributed by atoms with Gasteiger partial charge in [-0.1, -0.05) is 11.6 Å². The largest absolute Gasteiger partial charge is 0.501 e. The van der Waals surface area contributed by atoms with Gasteiger partial charge in [0.2, 0.25) is 0 Å². The van der Waals surface area contributed by atoms with Crippen molar-refractivity contribution in [3.05, 3.63) is 51.5 Å². The minimum atomic E-state index is -7.13. The summed E-state index contributed by atoms with van der Waals surface area (Å²) in [5, 5.41) is 5.71. The molecule has 0 heterocycles. The number of sulfone groups is 2. The van der Waals surface area contributed by atoms with Crippen LogP contribution in [0.2, 0.25) is 5.02 Å². The number of anilines is 1. The Labute approximate surface area is 225 Å². The molecule has 1 amide bonds. The van der Waals surface area contributed by atoms with Crippen molar-refractivity contribution >= 4 is 48.6 Å². The summed E-state index contributed by atoms with van der Waals surface area (Å²) in [5.74, 6) is -9.64. The molecule has 41 heavy (non-hydrogen) atoms. The zero-order valence-corrected chi connectivity index (χ0v) is 21.2. The van der Waals surface area contributed by atoms with Crippen LogP contribution in [0.15, 0.2) is 46.2 Å². The molecule has 0 aliphatic rings. The van der Waals surface area contributed by atoms with Gasteiger partial charge in [-0.3, -0.25) is 14.9 Å². The van der Waals surface area contributed by atoms with E-state index in [2.05, 4.69) is 0 Å². The topological polar surface area (TPSA) is 150 Å². The molecule has 0 radical (unpaired) electrons. The molecule has 0 bridgehead atoms. The van der Waals surface area contributed by atoms with Gasteiger partial charge in [-0.2, -0.15) is 43.9 Å². The summed E-state index contributed by atoms with van der Waals surface area (Å²) in [6, 6.07) is 1.12. The molecule has 2 aromatic rings. The molecule has 0 aliphatic heterocycles. The first-order chi connectivity index (χ1) is 18.3. The van der Waals surface area contributed by atoms with E-state index >= 15 is 0 Å². The lowest BCUT2D eigenvalue weighted by molar-refractivity contribution is -0.386. The first-order valence-corrected chi connectivity index (χ1v) is 13.0. The third-order valence-corrected chi connectivity index (χ3v) is 8.30. The van der Waals surface area contributed by atoms with Crippen molar-refractivity contribution in [3.63, 3.8) is 0 Å². The highest BCUT2D eigenvalue weighted by atomic mass is 35.5. The Morgan fingerprint density at radius 3 is 1.88 bits per heavy atom. The molecule has 0 spiro atoms. The number of carbonyl (C=O) groups is 1. The van der Waals surface area contributed by atoms with Gasteiger partial charge in [-0.25, -0.2) is 16.8 Å². The number of halogens is 11. The van der Waals surface area contributed by atoms with E-state index in [0.717, 1.165) is 0 Å². The van der Waals surface area contributed by atoms with Gasteiger partial charge < -0.3 is 10.1 Å². The van der Waals surface area contributed by atoms with E-state index in [1.54, 1.807) is 5.32 Å². The second-order valence-electron chi connectivity index (χ2n) is 7.41. The lowest BCUT2D eigenvalue weighted by Crippen LogP contribution is -2.55. The summed E-state index contributed by atoms with van der Waals surface area (Å²) in [6.07, 6.45) is -7.05. The summed E-state index contributed by atoms with van der Waals surface area (Å²) in [5.41, 5.74) is -8.08. The van der Waals surface area contributed by atoms with Crippen molar-refractivity contribution in [1.29, 1.82) is 0 Å². The van der Waals surface area contributed by atoms with Crippen molar-refractivity contribution < 1.29 is 75.2 Å². The number of hydrogen-bond donors (Lipinski definition) is 1. The summed E-state index contributed by atoms with van der Waals surface area (Å²) in [7, 11) is -12.8. The Bertz CT molecular complexity index is 1590. The zero-order valence-electron chi connectivity index (χ0n) is 18.9. The molecule has 0 fully saturated rings.